The summed E-state index contributed by atoms with van der Waals surface area (Å²) in [4.78, 5) is 8.29. The number of hydrogen-bond acceptors (Lipinski definition) is 3. The molecule has 3 nitrogen and oxygen atoms in total. The highest BCUT2D eigenvalue weighted by molar-refractivity contribution is 5.59. The largest absolute Gasteiger partial charge is 0.416 e. The second-order valence-corrected chi connectivity index (χ2v) is 3.97. The standard InChI is InChI=1S/C13H12F3N3/c14-13(15,16)10-3-1-9(2-4-10)11-6-8-18-12(19-11)5-7-17/h1-4,6,8H,5,7,17H2. The molecule has 1 aromatic heterocycles. The van der Waals surface area contributed by atoms with Crippen molar-refractivity contribution in [1.29, 1.82) is 0 Å². The molecule has 0 atom stereocenters. The molecular weight excluding hydrogens is 255 g/mol. The van der Waals surface area contributed by atoms with Gasteiger partial charge in [-0.1, -0.05) is 12.1 Å². The van der Waals surface area contributed by atoms with Crippen molar-refractivity contribution < 1.29 is 13.2 Å². The molecule has 0 spiro atoms. The normalized spacial score (nSPS) is 11.6. The number of alkyl halides is 3. The van der Waals surface area contributed by atoms with Gasteiger partial charge in [-0.15, -0.1) is 0 Å². The van der Waals surface area contributed by atoms with Crippen LogP contribution in [0.25, 0.3) is 11.3 Å². The van der Waals surface area contributed by atoms with Gasteiger partial charge in [0, 0.05) is 18.2 Å². The zero-order valence-corrected chi connectivity index (χ0v) is 9.98. The Bertz CT molecular complexity index is 550. The summed E-state index contributed by atoms with van der Waals surface area (Å²) in [6.07, 6.45) is -2.21. The van der Waals surface area contributed by atoms with Gasteiger partial charge in [0.1, 0.15) is 5.82 Å². The zero-order valence-electron chi connectivity index (χ0n) is 9.98. The molecule has 0 aliphatic rings. The third-order valence-corrected chi connectivity index (χ3v) is 2.58. The Labute approximate surface area is 108 Å². The van der Waals surface area contributed by atoms with Crippen LogP contribution < -0.4 is 5.73 Å². The van der Waals surface area contributed by atoms with E-state index in [0.717, 1.165) is 12.1 Å². The molecule has 0 aliphatic heterocycles. The number of hydrogen-bond donors (Lipinski definition) is 1. The lowest BCUT2D eigenvalue weighted by Gasteiger charge is -2.07. The minimum absolute atomic E-state index is 0.427. The molecule has 2 N–H and O–H groups in total. The summed E-state index contributed by atoms with van der Waals surface area (Å²) in [7, 11) is 0. The van der Waals surface area contributed by atoms with Crippen molar-refractivity contribution in [3.8, 4) is 11.3 Å². The Morgan fingerprint density at radius 1 is 1.05 bits per heavy atom. The van der Waals surface area contributed by atoms with Gasteiger partial charge in [-0.2, -0.15) is 13.2 Å². The minimum atomic E-state index is -4.32. The molecule has 0 unspecified atom stereocenters. The van der Waals surface area contributed by atoms with Gasteiger partial charge in [-0.3, -0.25) is 0 Å². The molecule has 0 saturated heterocycles. The first-order chi connectivity index (χ1) is 9.00. The van der Waals surface area contributed by atoms with Gasteiger partial charge in [-0.05, 0) is 24.7 Å². The van der Waals surface area contributed by atoms with E-state index in [1.165, 1.54) is 12.1 Å². The third-order valence-electron chi connectivity index (χ3n) is 2.58. The Kier molecular flexibility index (Phi) is 3.80. The molecule has 0 aliphatic carbocycles. The van der Waals surface area contributed by atoms with E-state index in [4.69, 9.17) is 5.73 Å². The first-order valence-corrected chi connectivity index (χ1v) is 5.70. The summed E-state index contributed by atoms with van der Waals surface area (Å²) in [6.45, 7) is 0.427. The van der Waals surface area contributed by atoms with Crippen LogP contribution in [0.1, 0.15) is 11.4 Å². The molecule has 2 rings (SSSR count). The number of aromatic nitrogens is 2. The quantitative estimate of drug-likeness (QED) is 0.930. The van der Waals surface area contributed by atoms with Gasteiger partial charge in [0.2, 0.25) is 0 Å². The Hall–Kier alpha value is -1.95. The molecule has 0 saturated carbocycles. The fourth-order valence-electron chi connectivity index (χ4n) is 1.64. The summed E-state index contributed by atoms with van der Waals surface area (Å²) in [6, 6.07) is 6.54. The maximum atomic E-state index is 12.4. The lowest BCUT2D eigenvalue weighted by Crippen LogP contribution is -2.07. The fraction of sp³-hybridized carbons (Fsp3) is 0.231. The van der Waals surface area contributed by atoms with E-state index in [1.807, 2.05) is 0 Å². The van der Waals surface area contributed by atoms with Crippen molar-refractivity contribution in [1.82, 2.24) is 9.97 Å². The van der Waals surface area contributed by atoms with Crippen LogP contribution in [0, 0.1) is 0 Å². The van der Waals surface area contributed by atoms with Crippen molar-refractivity contribution in [2.24, 2.45) is 5.73 Å². The average Bonchev–Trinajstić information content (AvgIpc) is 2.39. The van der Waals surface area contributed by atoms with Gasteiger partial charge < -0.3 is 5.73 Å². The van der Waals surface area contributed by atoms with E-state index in [1.54, 1.807) is 12.3 Å². The van der Waals surface area contributed by atoms with Gasteiger partial charge in [0.05, 0.1) is 11.3 Å². The van der Waals surface area contributed by atoms with Crippen molar-refractivity contribution in [2.75, 3.05) is 6.54 Å². The van der Waals surface area contributed by atoms with Crippen LogP contribution in [0.5, 0.6) is 0 Å². The SMILES string of the molecule is NCCc1nccc(-c2ccc(C(F)(F)F)cc2)n1. The van der Waals surface area contributed by atoms with Gasteiger partial charge >= 0.3 is 6.18 Å². The van der Waals surface area contributed by atoms with Crippen LogP contribution in [-0.4, -0.2) is 16.5 Å². The first-order valence-electron chi connectivity index (χ1n) is 5.70. The fourth-order valence-corrected chi connectivity index (χ4v) is 1.64. The number of nitrogens with zero attached hydrogens (tertiary/aromatic N) is 2. The third kappa shape index (κ3) is 3.29. The Morgan fingerprint density at radius 3 is 2.32 bits per heavy atom. The van der Waals surface area contributed by atoms with Crippen LogP contribution in [0.3, 0.4) is 0 Å². The summed E-state index contributed by atoms with van der Waals surface area (Å²) >= 11 is 0. The highest BCUT2D eigenvalue weighted by atomic mass is 19.4. The molecular formula is C13H12F3N3. The molecule has 0 bridgehead atoms. The van der Waals surface area contributed by atoms with Crippen LogP contribution in [0.15, 0.2) is 36.5 Å². The zero-order chi connectivity index (χ0) is 13.9. The van der Waals surface area contributed by atoms with Gasteiger partial charge in [0.25, 0.3) is 0 Å². The van der Waals surface area contributed by atoms with Crippen molar-refractivity contribution in [2.45, 2.75) is 12.6 Å². The first kappa shape index (κ1) is 13.5. The lowest BCUT2D eigenvalue weighted by molar-refractivity contribution is -0.137. The molecule has 19 heavy (non-hydrogen) atoms. The monoisotopic (exact) mass is 267 g/mol. The van der Waals surface area contributed by atoms with Crippen molar-refractivity contribution >= 4 is 0 Å². The topological polar surface area (TPSA) is 51.8 Å². The van der Waals surface area contributed by atoms with E-state index < -0.39 is 11.7 Å². The number of halogens is 3. The lowest BCUT2D eigenvalue weighted by atomic mass is 10.1. The predicted molar refractivity (Wildman–Crippen MR) is 65.2 cm³/mol. The van der Waals surface area contributed by atoms with Crippen LogP contribution in [0.2, 0.25) is 0 Å². The maximum absolute atomic E-state index is 12.4. The van der Waals surface area contributed by atoms with Gasteiger partial charge in [0.15, 0.2) is 0 Å². The van der Waals surface area contributed by atoms with E-state index >= 15 is 0 Å². The summed E-state index contributed by atoms with van der Waals surface area (Å²) in [5.41, 5.74) is 5.95. The van der Waals surface area contributed by atoms with E-state index in [-0.39, 0.29) is 0 Å². The minimum Gasteiger partial charge on any atom is -0.330 e. The Morgan fingerprint density at radius 2 is 1.74 bits per heavy atom. The molecule has 0 fully saturated rings. The number of nitrogens with two attached hydrogens (primary N) is 1. The Balaban J connectivity index is 2.29. The van der Waals surface area contributed by atoms with Gasteiger partial charge in [-0.25, -0.2) is 9.97 Å². The highest BCUT2D eigenvalue weighted by Crippen LogP contribution is 2.30. The second-order valence-electron chi connectivity index (χ2n) is 3.97. The molecule has 0 amide bonds. The average molecular weight is 267 g/mol. The van der Waals surface area contributed by atoms with Crippen molar-refractivity contribution in [3.05, 3.63) is 47.9 Å². The smallest absolute Gasteiger partial charge is 0.330 e. The second kappa shape index (κ2) is 5.36. The molecule has 1 heterocycles. The number of rotatable bonds is 3. The van der Waals surface area contributed by atoms with E-state index in [2.05, 4.69) is 9.97 Å². The molecule has 0 radical (unpaired) electrons. The summed E-state index contributed by atoms with van der Waals surface area (Å²) in [5.74, 6) is 0.583. The predicted octanol–water partition coefficient (Wildman–Crippen LogP) is 2.66. The van der Waals surface area contributed by atoms with Crippen LogP contribution in [0.4, 0.5) is 13.2 Å². The van der Waals surface area contributed by atoms with Crippen LogP contribution in [-0.2, 0) is 12.6 Å². The van der Waals surface area contributed by atoms with E-state index in [9.17, 15) is 13.2 Å². The maximum Gasteiger partial charge on any atom is 0.416 e. The van der Waals surface area contributed by atoms with Crippen molar-refractivity contribution in [3.63, 3.8) is 0 Å². The van der Waals surface area contributed by atoms with E-state index in [0.29, 0.717) is 30.0 Å². The summed E-state index contributed by atoms with van der Waals surface area (Å²) < 4.78 is 37.3. The summed E-state index contributed by atoms with van der Waals surface area (Å²) in [5, 5.41) is 0. The molecule has 1 aromatic carbocycles. The number of benzene rings is 1. The molecule has 100 valence electrons. The van der Waals surface area contributed by atoms with Crippen LogP contribution >= 0.6 is 0 Å². The molecule has 2 aromatic rings. The molecule has 6 heteroatoms. The highest BCUT2D eigenvalue weighted by Gasteiger charge is 2.29.